The lowest BCUT2D eigenvalue weighted by atomic mass is 10.1. The zero-order valence-corrected chi connectivity index (χ0v) is 17.4. The van der Waals surface area contributed by atoms with E-state index in [1.54, 1.807) is 18.2 Å². The molecule has 1 N–H and O–H groups in total. The summed E-state index contributed by atoms with van der Waals surface area (Å²) < 4.78 is 5.74. The first kappa shape index (κ1) is 20.1. The number of nitrogens with one attached hydrogen (secondary N) is 1. The van der Waals surface area contributed by atoms with Gasteiger partial charge in [0.25, 0.3) is 11.6 Å². The van der Waals surface area contributed by atoms with Crippen molar-refractivity contribution in [3.8, 4) is 11.5 Å². The maximum atomic E-state index is 12.6. The molecular weight excluding hydrogens is 404 g/mol. The molecule has 156 valence electrons. The van der Waals surface area contributed by atoms with E-state index in [1.165, 1.54) is 17.4 Å². The highest BCUT2D eigenvalue weighted by Crippen LogP contribution is 2.31. The van der Waals surface area contributed by atoms with Gasteiger partial charge < -0.3 is 14.6 Å². The molecule has 3 aromatic rings. The number of thiazole rings is 1. The van der Waals surface area contributed by atoms with E-state index in [9.17, 15) is 14.9 Å². The molecule has 0 aliphatic carbocycles. The average Bonchev–Trinajstić information content (AvgIpc) is 3.41. The van der Waals surface area contributed by atoms with Crippen LogP contribution in [0.15, 0.2) is 40.1 Å². The van der Waals surface area contributed by atoms with Crippen molar-refractivity contribution >= 4 is 28.6 Å². The monoisotopic (exact) mass is 426 g/mol. The fraction of sp³-hybridized carbons (Fsp3) is 0.333. The van der Waals surface area contributed by atoms with Crippen molar-refractivity contribution in [3.05, 3.63) is 62.2 Å². The Kier molecular flexibility index (Phi) is 5.80. The van der Waals surface area contributed by atoms with Gasteiger partial charge in [0.1, 0.15) is 17.1 Å². The van der Waals surface area contributed by atoms with Crippen LogP contribution in [0.3, 0.4) is 0 Å². The number of piperidine rings is 1. The third-order valence-corrected chi connectivity index (χ3v) is 5.86. The van der Waals surface area contributed by atoms with Gasteiger partial charge in [-0.15, -0.1) is 11.3 Å². The van der Waals surface area contributed by atoms with Gasteiger partial charge in [-0.2, -0.15) is 0 Å². The van der Waals surface area contributed by atoms with Gasteiger partial charge in [-0.3, -0.25) is 14.9 Å². The first-order chi connectivity index (χ1) is 14.5. The second-order valence-corrected chi connectivity index (χ2v) is 8.27. The summed E-state index contributed by atoms with van der Waals surface area (Å²) in [4.78, 5) is 30.1. The Balaban J connectivity index is 1.45. The summed E-state index contributed by atoms with van der Waals surface area (Å²) >= 11 is 1.54. The summed E-state index contributed by atoms with van der Waals surface area (Å²) in [5, 5.41) is 17.2. The molecule has 9 heteroatoms. The summed E-state index contributed by atoms with van der Waals surface area (Å²) in [6.07, 6.45) is 3.18. The van der Waals surface area contributed by atoms with E-state index >= 15 is 0 Å². The number of hydrogen-bond donors (Lipinski definition) is 1. The van der Waals surface area contributed by atoms with Gasteiger partial charge in [0, 0.05) is 30.1 Å². The molecule has 30 heavy (non-hydrogen) atoms. The Labute approximate surface area is 177 Å². The number of nitro groups is 1. The van der Waals surface area contributed by atoms with Crippen LogP contribution in [0.2, 0.25) is 0 Å². The Bertz CT molecular complexity index is 1070. The summed E-state index contributed by atoms with van der Waals surface area (Å²) in [5.41, 5.74) is 1.55. The molecule has 0 spiro atoms. The fourth-order valence-electron chi connectivity index (χ4n) is 3.57. The van der Waals surface area contributed by atoms with E-state index in [2.05, 4.69) is 10.3 Å². The van der Waals surface area contributed by atoms with Crippen LogP contribution >= 0.6 is 11.3 Å². The lowest BCUT2D eigenvalue weighted by molar-refractivity contribution is -0.384. The number of aryl methyl sites for hydroxylation is 1. The first-order valence-corrected chi connectivity index (χ1v) is 10.7. The van der Waals surface area contributed by atoms with Crippen molar-refractivity contribution in [3.63, 3.8) is 0 Å². The third kappa shape index (κ3) is 4.35. The molecule has 8 nitrogen and oxygen atoms in total. The van der Waals surface area contributed by atoms with E-state index in [4.69, 9.17) is 4.42 Å². The number of carbonyl (C=O) groups is 1. The summed E-state index contributed by atoms with van der Waals surface area (Å²) in [6.45, 7) is 3.70. The van der Waals surface area contributed by atoms with Crippen molar-refractivity contribution in [1.82, 2.24) is 10.3 Å². The van der Waals surface area contributed by atoms with Crippen molar-refractivity contribution in [2.75, 3.05) is 18.0 Å². The number of aromatic nitrogens is 1. The molecule has 1 aliphatic heterocycles. The van der Waals surface area contributed by atoms with Crippen LogP contribution in [-0.4, -0.2) is 28.9 Å². The Morgan fingerprint density at radius 2 is 2.07 bits per heavy atom. The molecule has 3 heterocycles. The quantitative estimate of drug-likeness (QED) is 0.459. The largest absolute Gasteiger partial charge is 0.458 e. The second kappa shape index (κ2) is 8.66. The standard InChI is InChI=1S/C21H22N4O4S/c1-14-23-17(13-30-14)20-8-6-16(29-20)12-22-21(26)15-5-7-18(19(11-15)25(27)28)24-9-3-2-4-10-24/h5-8,11,13H,2-4,9-10,12H2,1H3,(H,22,26). The summed E-state index contributed by atoms with van der Waals surface area (Å²) in [6, 6.07) is 8.26. The Hall–Kier alpha value is -3.20. The molecule has 1 aromatic carbocycles. The Morgan fingerprint density at radius 3 is 2.77 bits per heavy atom. The smallest absolute Gasteiger partial charge is 0.293 e. The number of nitrogens with zero attached hydrogens (tertiary/aromatic N) is 3. The molecular formula is C21H22N4O4S. The van der Waals surface area contributed by atoms with Crippen LogP contribution < -0.4 is 10.2 Å². The molecule has 0 bridgehead atoms. The van der Waals surface area contributed by atoms with Crippen LogP contribution in [-0.2, 0) is 6.54 Å². The molecule has 1 amide bonds. The van der Waals surface area contributed by atoms with Gasteiger partial charge in [-0.25, -0.2) is 4.98 Å². The van der Waals surface area contributed by atoms with Crippen molar-refractivity contribution in [1.29, 1.82) is 0 Å². The lowest BCUT2D eigenvalue weighted by Crippen LogP contribution is -2.30. The molecule has 2 aromatic heterocycles. The van der Waals surface area contributed by atoms with Crippen LogP contribution in [0.25, 0.3) is 11.5 Å². The number of nitro benzene ring substituents is 1. The molecule has 0 radical (unpaired) electrons. The normalized spacial score (nSPS) is 14.0. The maximum Gasteiger partial charge on any atom is 0.293 e. The van der Waals surface area contributed by atoms with Crippen LogP contribution in [0.4, 0.5) is 11.4 Å². The van der Waals surface area contributed by atoms with Crippen LogP contribution in [0.1, 0.15) is 40.4 Å². The molecule has 0 atom stereocenters. The number of hydrogen-bond acceptors (Lipinski definition) is 7. The van der Waals surface area contributed by atoms with Gasteiger partial charge in [0.05, 0.1) is 16.5 Å². The first-order valence-electron chi connectivity index (χ1n) is 9.84. The minimum atomic E-state index is -0.421. The van der Waals surface area contributed by atoms with Crippen LogP contribution in [0, 0.1) is 17.0 Å². The van der Waals surface area contributed by atoms with E-state index in [0.29, 0.717) is 17.2 Å². The SMILES string of the molecule is Cc1nc(-c2ccc(CNC(=O)c3ccc(N4CCCCC4)c([N+](=O)[O-])c3)o2)cs1. The number of anilines is 1. The van der Waals surface area contributed by atoms with Gasteiger partial charge in [-0.05, 0) is 50.5 Å². The van der Waals surface area contributed by atoms with E-state index in [0.717, 1.165) is 43.1 Å². The van der Waals surface area contributed by atoms with E-state index < -0.39 is 4.92 Å². The van der Waals surface area contributed by atoms with Crippen molar-refractivity contribution in [2.45, 2.75) is 32.7 Å². The van der Waals surface area contributed by atoms with Crippen molar-refractivity contribution in [2.24, 2.45) is 0 Å². The summed E-state index contributed by atoms with van der Waals surface area (Å²) in [7, 11) is 0. The van der Waals surface area contributed by atoms with Gasteiger partial charge in [0.2, 0.25) is 0 Å². The third-order valence-electron chi connectivity index (χ3n) is 5.09. The number of furan rings is 1. The van der Waals surface area contributed by atoms with Gasteiger partial charge >= 0.3 is 0 Å². The van der Waals surface area contributed by atoms with Crippen LogP contribution in [0.5, 0.6) is 0 Å². The minimum absolute atomic E-state index is 0.0382. The highest BCUT2D eigenvalue weighted by molar-refractivity contribution is 7.09. The van der Waals surface area contributed by atoms with Gasteiger partial charge in [0.15, 0.2) is 5.76 Å². The highest BCUT2D eigenvalue weighted by atomic mass is 32.1. The van der Waals surface area contributed by atoms with Crippen molar-refractivity contribution < 1.29 is 14.1 Å². The zero-order valence-electron chi connectivity index (χ0n) is 16.6. The highest BCUT2D eigenvalue weighted by Gasteiger charge is 2.23. The second-order valence-electron chi connectivity index (χ2n) is 7.21. The lowest BCUT2D eigenvalue weighted by Gasteiger charge is -2.28. The molecule has 0 saturated carbocycles. The predicted molar refractivity (Wildman–Crippen MR) is 115 cm³/mol. The maximum absolute atomic E-state index is 12.6. The molecule has 1 fully saturated rings. The fourth-order valence-corrected chi connectivity index (χ4v) is 4.17. The topological polar surface area (TPSA) is 102 Å². The molecule has 4 rings (SSSR count). The van der Waals surface area contributed by atoms with Gasteiger partial charge in [-0.1, -0.05) is 0 Å². The number of benzene rings is 1. The number of rotatable bonds is 6. The van der Waals surface area contributed by atoms with E-state index in [1.807, 2.05) is 23.3 Å². The number of amides is 1. The molecule has 0 unspecified atom stereocenters. The average molecular weight is 426 g/mol. The minimum Gasteiger partial charge on any atom is -0.458 e. The number of carbonyl (C=O) groups excluding carboxylic acids is 1. The summed E-state index contributed by atoms with van der Waals surface area (Å²) in [5.74, 6) is 0.847. The predicted octanol–water partition coefficient (Wildman–Crippen LogP) is 4.54. The molecule has 1 saturated heterocycles. The zero-order chi connectivity index (χ0) is 21.1. The Morgan fingerprint density at radius 1 is 1.27 bits per heavy atom. The van der Waals surface area contributed by atoms with E-state index in [-0.39, 0.29) is 23.7 Å². The molecule has 1 aliphatic rings.